The van der Waals surface area contributed by atoms with Crippen molar-refractivity contribution in [2.75, 3.05) is 0 Å². The maximum absolute atomic E-state index is 5.37. The molecule has 6 heteroatoms. The molecular weight excluding hydrogens is 757 g/mol. The molecule has 0 unspecified atom stereocenters. The molecule has 4 aromatic heterocycles. The van der Waals surface area contributed by atoms with Gasteiger partial charge in [-0.1, -0.05) is 127 Å². The zero-order chi connectivity index (χ0) is 38.6. The topological polar surface area (TPSA) is 43.6 Å². The fourth-order valence-electron chi connectivity index (χ4n) is 9.04. The lowest BCUT2D eigenvalue weighted by Gasteiger charge is -2.14. The Morgan fingerprint density at radius 3 is 1.76 bits per heavy atom. The van der Waals surface area contributed by atoms with Crippen molar-refractivity contribution in [3.8, 4) is 39.9 Å². The molecule has 4 nitrogen and oxygen atoms in total. The van der Waals surface area contributed by atoms with Gasteiger partial charge in [-0.2, -0.15) is 0 Å². The van der Waals surface area contributed by atoms with Crippen LogP contribution in [-0.4, -0.2) is 19.5 Å². The van der Waals surface area contributed by atoms with Crippen molar-refractivity contribution in [1.82, 2.24) is 19.5 Å². The van der Waals surface area contributed by atoms with Crippen LogP contribution < -0.4 is 0 Å². The minimum Gasteiger partial charge on any atom is -0.308 e. The SMILES string of the molecule is c1ccc2cc(-c3nc(-c4ccc5c(c4)sc4ccccc45)nc(-c4ccc(-n5c6ccccc6c6cc7ccccc7cc65)c5sc6ccccc6c45)n3)ccc2c1. The molecule has 0 radical (unpaired) electrons. The molecule has 13 rings (SSSR count). The van der Waals surface area contributed by atoms with E-state index in [4.69, 9.17) is 15.0 Å². The Labute approximate surface area is 345 Å². The van der Waals surface area contributed by atoms with Gasteiger partial charge in [0.25, 0.3) is 0 Å². The van der Waals surface area contributed by atoms with Crippen LogP contribution in [0.2, 0.25) is 0 Å². The van der Waals surface area contributed by atoms with Crippen molar-refractivity contribution < 1.29 is 0 Å². The van der Waals surface area contributed by atoms with E-state index >= 15 is 0 Å². The third-order valence-electron chi connectivity index (χ3n) is 11.8. The number of rotatable bonds is 4. The van der Waals surface area contributed by atoms with Crippen LogP contribution in [0, 0.1) is 0 Å². The molecule has 0 amide bonds. The third kappa shape index (κ3) is 5.04. The van der Waals surface area contributed by atoms with Crippen molar-refractivity contribution in [1.29, 1.82) is 0 Å². The average Bonchev–Trinajstić information content (AvgIpc) is 3.97. The number of hydrogen-bond acceptors (Lipinski definition) is 5. The molecule has 4 heterocycles. The van der Waals surface area contributed by atoms with E-state index in [9.17, 15) is 0 Å². The summed E-state index contributed by atoms with van der Waals surface area (Å²) in [7, 11) is 0. The highest BCUT2D eigenvalue weighted by Gasteiger charge is 2.22. The molecular formula is C53H30N4S2. The summed E-state index contributed by atoms with van der Waals surface area (Å²) < 4.78 is 7.36. The van der Waals surface area contributed by atoms with Gasteiger partial charge in [-0.15, -0.1) is 22.7 Å². The predicted molar refractivity (Wildman–Crippen MR) is 251 cm³/mol. The van der Waals surface area contributed by atoms with Crippen LogP contribution in [0.1, 0.15) is 0 Å². The molecule has 0 aliphatic heterocycles. The number of aromatic nitrogens is 4. The first kappa shape index (κ1) is 32.8. The van der Waals surface area contributed by atoms with Crippen molar-refractivity contribution in [3.63, 3.8) is 0 Å². The highest BCUT2D eigenvalue weighted by Crippen LogP contribution is 2.45. The smallest absolute Gasteiger partial charge is 0.164 e. The van der Waals surface area contributed by atoms with Crippen LogP contribution in [0.15, 0.2) is 182 Å². The van der Waals surface area contributed by atoms with Crippen molar-refractivity contribution in [2.45, 2.75) is 0 Å². The normalized spacial score (nSPS) is 12.1. The summed E-state index contributed by atoms with van der Waals surface area (Å²) in [6.45, 7) is 0. The second-order valence-electron chi connectivity index (χ2n) is 15.2. The van der Waals surface area contributed by atoms with Crippen LogP contribution >= 0.6 is 22.7 Å². The summed E-state index contributed by atoms with van der Waals surface area (Å²) in [6.07, 6.45) is 0. The number of nitrogens with zero attached hydrogens (tertiary/aromatic N) is 4. The van der Waals surface area contributed by atoms with Crippen LogP contribution in [-0.2, 0) is 0 Å². The molecule has 0 fully saturated rings. The molecule has 9 aromatic carbocycles. The van der Waals surface area contributed by atoms with E-state index in [1.807, 2.05) is 22.7 Å². The largest absolute Gasteiger partial charge is 0.308 e. The molecule has 0 aliphatic carbocycles. The summed E-state index contributed by atoms with van der Waals surface area (Å²) in [5.41, 5.74) is 6.43. The molecule has 274 valence electrons. The number of fused-ring (bicyclic) bond motifs is 11. The van der Waals surface area contributed by atoms with E-state index in [0.717, 1.165) is 33.2 Å². The van der Waals surface area contributed by atoms with Gasteiger partial charge in [0, 0.05) is 63.1 Å². The van der Waals surface area contributed by atoms with Gasteiger partial charge in [0.2, 0.25) is 0 Å². The van der Waals surface area contributed by atoms with Gasteiger partial charge in [-0.25, -0.2) is 15.0 Å². The van der Waals surface area contributed by atoms with E-state index < -0.39 is 0 Å². The maximum Gasteiger partial charge on any atom is 0.164 e. The highest BCUT2D eigenvalue weighted by molar-refractivity contribution is 7.26. The van der Waals surface area contributed by atoms with E-state index in [1.165, 1.54) is 72.9 Å². The molecule has 0 saturated carbocycles. The Kier molecular flexibility index (Phi) is 7.02. The fourth-order valence-corrected chi connectivity index (χ4v) is 11.4. The standard InChI is InChI=1S/C53H30N4S2/c1-2-12-32-27-35(22-21-31(32)11-1)51-54-52(36-23-24-39-38-16-6-9-19-46(38)58-48(39)30-36)56-53(55-51)41-25-26-44(50-49(41)40-17-7-10-20-47(40)59-50)57-43-18-8-5-15-37(43)42-28-33-13-3-4-14-34(33)29-45(42)57/h1-30H. The summed E-state index contributed by atoms with van der Waals surface area (Å²) in [5.74, 6) is 1.96. The molecule has 0 bridgehead atoms. The lowest BCUT2D eigenvalue weighted by molar-refractivity contribution is 1.08. The minimum absolute atomic E-state index is 0.651. The van der Waals surface area contributed by atoms with E-state index in [0.29, 0.717) is 17.5 Å². The Hall–Kier alpha value is -7.25. The summed E-state index contributed by atoms with van der Waals surface area (Å²) >= 11 is 3.64. The van der Waals surface area contributed by atoms with E-state index in [-0.39, 0.29) is 0 Å². The van der Waals surface area contributed by atoms with Crippen molar-refractivity contribution in [3.05, 3.63) is 182 Å². The first-order valence-corrected chi connectivity index (χ1v) is 21.4. The molecule has 13 aromatic rings. The number of thiophene rings is 2. The second kappa shape index (κ2) is 12.6. The fraction of sp³-hybridized carbons (Fsp3) is 0. The predicted octanol–water partition coefficient (Wildman–Crippen LogP) is 15.0. The Balaban J connectivity index is 1.09. The van der Waals surface area contributed by atoms with Crippen LogP contribution in [0.5, 0.6) is 0 Å². The quantitative estimate of drug-likeness (QED) is 0.178. The molecule has 0 N–H and O–H groups in total. The van der Waals surface area contributed by atoms with Crippen LogP contribution in [0.25, 0.3) is 124 Å². The van der Waals surface area contributed by atoms with Crippen molar-refractivity contribution >= 4 is 106 Å². The van der Waals surface area contributed by atoms with Crippen LogP contribution in [0.4, 0.5) is 0 Å². The minimum atomic E-state index is 0.651. The second-order valence-corrected chi connectivity index (χ2v) is 17.3. The molecule has 0 saturated heterocycles. The van der Waals surface area contributed by atoms with Gasteiger partial charge in [0.05, 0.1) is 21.4 Å². The zero-order valence-electron chi connectivity index (χ0n) is 31.4. The molecule has 0 atom stereocenters. The summed E-state index contributed by atoms with van der Waals surface area (Å²) in [6, 6.07) is 65.5. The zero-order valence-corrected chi connectivity index (χ0v) is 33.1. The first-order valence-electron chi connectivity index (χ1n) is 19.8. The van der Waals surface area contributed by atoms with E-state index in [1.54, 1.807) is 0 Å². The Bertz CT molecular complexity index is 3870. The summed E-state index contributed by atoms with van der Waals surface area (Å²) in [5, 5.41) is 12.1. The molecule has 0 spiro atoms. The lowest BCUT2D eigenvalue weighted by Crippen LogP contribution is -2.01. The highest BCUT2D eigenvalue weighted by atomic mass is 32.1. The number of para-hydroxylation sites is 1. The average molecular weight is 787 g/mol. The monoisotopic (exact) mass is 786 g/mol. The van der Waals surface area contributed by atoms with Gasteiger partial charge in [0.1, 0.15) is 0 Å². The van der Waals surface area contributed by atoms with Gasteiger partial charge < -0.3 is 4.57 Å². The van der Waals surface area contributed by atoms with Gasteiger partial charge >= 0.3 is 0 Å². The Morgan fingerprint density at radius 1 is 0.356 bits per heavy atom. The molecule has 59 heavy (non-hydrogen) atoms. The first-order chi connectivity index (χ1) is 29.2. The number of hydrogen-bond donors (Lipinski definition) is 0. The van der Waals surface area contributed by atoms with Crippen LogP contribution in [0.3, 0.4) is 0 Å². The van der Waals surface area contributed by atoms with Crippen molar-refractivity contribution in [2.24, 2.45) is 0 Å². The third-order valence-corrected chi connectivity index (χ3v) is 14.1. The summed E-state index contributed by atoms with van der Waals surface area (Å²) in [4.78, 5) is 15.9. The molecule has 0 aliphatic rings. The van der Waals surface area contributed by atoms with Gasteiger partial charge in [0.15, 0.2) is 17.5 Å². The Morgan fingerprint density at radius 2 is 0.949 bits per heavy atom. The maximum atomic E-state index is 5.37. The van der Waals surface area contributed by atoms with Gasteiger partial charge in [-0.3, -0.25) is 0 Å². The number of benzene rings is 9. The van der Waals surface area contributed by atoms with E-state index in [2.05, 4.69) is 187 Å². The van der Waals surface area contributed by atoms with Gasteiger partial charge in [-0.05, 0) is 76.1 Å². The lowest BCUT2D eigenvalue weighted by atomic mass is 10.0.